The van der Waals surface area contributed by atoms with Crippen molar-refractivity contribution in [3.8, 4) is 0 Å². The maximum Gasteiger partial charge on any atom is 0.317 e. The number of carboxylic acids is 2. The van der Waals surface area contributed by atoms with E-state index in [-0.39, 0.29) is 13.1 Å². The molecule has 1 aromatic heterocycles. The number of fused-ring (bicyclic) bond motifs is 1. The number of nitrogens with one attached hydrogen (secondary N) is 1. The van der Waals surface area contributed by atoms with Gasteiger partial charge in [-0.25, -0.2) is 0 Å². The van der Waals surface area contributed by atoms with Crippen LogP contribution in [0, 0.1) is 0 Å². The molecule has 6 nitrogen and oxygen atoms in total. The molecule has 2 rings (SSSR count). The second kappa shape index (κ2) is 6.21. The lowest BCUT2D eigenvalue weighted by molar-refractivity contribution is -0.141. The van der Waals surface area contributed by atoms with Gasteiger partial charge in [-0.3, -0.25) is 14.5 Å². The quantitative estimate of drug-likeness (QED) is 0.706. The highest BCUT2D eigenvalue weighted by Crippen LogP contribution is 2.18. The molecule has 0 spiro atoms. The Bertz CT molecular complexity index is 604. The first kappa shape index (κ1) is 14.1. The molecule has 1 heterocycles. The first-order valence-corrected chi connectivity index (χ1v) is 6.27. The number of hydrogen-bond donors (Lipinski definition) is 3. The first-order chi connectivity index (χ1) is 9.56. The van der Waals surface area contributed by atoms with E-state index in [1.165, 1.54) is 4.90 Å². The highest BCUT2D eigenvalue weighted by Gasteiger charge is 2.14. The number of H-pyrrole nitrogens is 1. The summed E-state index contributed by atoms with van der Waals surface area (Å²) in [7, 11) is 0. The van der Waals surface area contributed by atoms with Crippen LogP contribution in [0.25, 0.3) is 10.9 Å². The van der Waals surface area contributed by atoms with Gasteiger partial charge in [0.05, 0.1) is 13.1 Å². The molecule has 20 heavy (non-hydrogen) atoms. The molecule has 0 aliphatic heterocycles. The second-order valence-electron chi connectivity index (χ2n) is 4.61. The van der Waals surface area contributed by atoms with E-state index in [9.17, 15) is 9.59 Å². The third kappa shape index (κ3) is 3.58. The maximum atomic E-state index is 10.7. The number of carboxylic acid groups (broad SMARTS) is 2. The van der Waals surface area contributed by atoms with Gasteiger partial charge < -0.3 is 15.2 Å². The molecule has 0 aliphatic carbocycles. The van der Waals surface area contributed by atoms with E-state index < -0.39 is 11.9 Å². The van der Waals surface area contributed by atoms with Gasteiger partial charge in [-0.2, -0.15) is 0 Å². The van der Waals surface area contributed by atoms with Crippen LogP contribution in [0.2, 0.25) is 0 Å². The van der Waals surface area contributed by atoms with E-state index in [1.54, 1.807) is 0 Å². The lowest BCUT2D eigenvalue weighted by Crippen LogP contribution is -2.35. The van der Waals surface area contributed by atoms with Crippen LogP contribution in [-0.4, -0.2) is 51.7 Å². The van der Waals surface area contributed by atoms with E-state index in [1.807, 2.05) is 30.5 Å². The Hall–Kier alpha value is -2.34. The smallest absolute Gasteiger partial charge is 0.317 e. The summed E-state index contributed by atoms with van der Waals surface area (Å²) in [5.41, 5.74) is 2.08. The molecule has 0 unspecified atom stereocenters. The van der Waals surface area contributed by atoms with Crippen molar-refractivity contribution in [2.75, 3.05) is 19.6 Å². The molecule has 0 bridgehead atoms. The van der Waals surface area contributed by atoms with Crippen molar-refractivity contribution in [1.82, 2.24) is 9.88 Å². The summed E-state index contributed by atoms with van der Waals surface area (Å²) in [5, 5.41) is 18.7. The van der Waals surface area contributed by atoms with E-state index in [0.29, 0.717) is 13.0 Å². The molecule has 0 aliphatic rings. The molecular formula is C14H16N2O4. The zero-order valence-corrected chi connectivity index (χ0v) is 10.9. The van der Waals surface area contributed by atoms with E-state index in [2.05, 4.69) is 4.98 Å². The zero-order chi connectivity index (χ0) is 14.5. The third-order valence-corrected chi connectivity index (χ3v) is 3.09. The Morgan fingerprint density at radius 3 is 2.40 bits per heavy atom. The Labute approximate surface area is 115 Å². The number of aliphatic carboxylic acids is 2. The Kier molecular flexibility index (Phi) is 4.37. The van der Waals surface area contributed by atoms with Crippen molar-refractivity contribution in [2.24, 2.45) is 0 Å². The average Bonchev–Trinajstić information content (AvgIpc) is 2.78. The van der Waals surface area contributed by atoms with Gasteiger partial charge in [0.1, 0.15) is 0 Å². The van der Waals surface area contributed by atoms with E-state index in [4.69, 9.17) is 10.2 Å². The molecule has 6 heteroatoms. The van der Waals surface area contributed by atoms with Crippen molar-refractivity contribution in [1.29, 1.82) is 0 Å². The lowest BCUT2D eigenvalue weighted by Gasteiger charge is -2.17. The summed E-state index contributed by atoms with van der Waals surface area (Å²) in [5.74, 6) is -2.05. The monoisotopic (exact) mass is 276 g/mol. The molecule has 0 radical (unpaired) electrons. The van der Waals surface area contributed by atoms with Crippen molar-refractivity contribution < 1.29 is 19.8 Å². The SMILES string of the molecule is O=C(O)CN(CCc1c[nH]c2ccccc12)CC(=O)O. The average molecular weight is 276 g/mol. The van der Waals surface area contributed by atoms with Crippen LogP contribution < -0.4 is 0 Å². The van der Waals surface area contributed by atoms with Crippen LogP contribution in [0.15, 0.2) is 30.5 Å². The number of para-hydroxylation sites is 1. The second-order valence-corrected chi connectivity index (χ2v) is 4.61. The summed E-state index contributed by atoms with van der Waals surface area (Å²) in [4.78, 5) is 26.0. The van der Waals surface area contributed by atoms with Crippen LogP contribution >= 0.6 is 0 Å². The Balaban J connectivity index is 2.04. The number of nitrogens with zero attached hydrogens (tertiary/aromatic N) is 1. The molecular weight excluding hydrogens is 260 g/mol. The zero-order valence-electron chi connectivity index (χ0n) is 10.9. The summed E-state index contributed by atoms with van der Waals surface area (Å²) in [6.45, 7) is -0.149. The fourth-order valence-electron chi connectivity index (χ4n) is 2.21. The van der Waals surface area contributed by atoms with Crippen LogP contribution in [0.1, 0.15) is 5.56 Å². The van der Waals surface area contributed by atoms with Crippen molar-refractivity contribution in [2.45, 2.75) is 6.42 Å². The molecule has 2 aromatic rings. The Morgan fingerprint density at radius 2 is 1.75 bits per heavy atom. The minimum absolute atomic E-state index is 0.269. The van der Waals surface area contributed by atoms with E-state index in [0.717, 1.165) is 16.5 Å². The highest BCUT2D eigenvalue weighted by molar-refractivity contribution is 5.83. The standard InChI is InChI=1S/C14H16N2O4/c17-13(18)8-16(9-14(19)20)6-5-10-7-15-12-4-2-1-3-11(10)12/h1-4,7,15H,5-6,8-9H2,(H,17,18)(H,19,20). The van der Waals surface area contributed by atoms with Crippen LogP contribution in [-0.2, 0) is 16.0 Å². The number of carbonyl (C=O) groups is 2. The third-order valence-electron chi connectivity index (χ3n) is 3.09. The number of aromatic amines is 1. The summed E-state index contributed by atoms with van der Waals surface area (Å²) in [6, 6.07) is 7.82. The molecule has 0 fully saturated rings. The van der Waals surface area contributed by atoms with Crippen LogP contribution in [0.4, 0.5) is 0 Å². The number of rotatable bonds is 7. The van der Waals surface area contributed by atoms with Crippen molar-refractivity contribution >= 4 is 22.8 Å². The summed E-state index contributed by atoms with van der Waals surface area (Å²) in [6.07, 6.45) is 2.48. The number of aromatic nitrogens is 1. The molecule has 1 aromatic carbocycles. The van der Waals surface area contributed by atoms with Gasteiger partial charge in [0, 0.05) is 23.6 Å². The molecule has 0 amide bonds. The van der Waals surface area contributed by atoms with Gasteiger partial charge >= 0.3 is 11.9 Å². The van der Waals surface area contributed by atoms with Gasteiger partial charge in [-0.05, 0) is 18.1 Å². The van der Waals surface area contributed by atoms with Gasteiger partial charge in [-0.15, -0.1) is 0 Å². The largest absolute Gasteiger partial charge is 0.480 e. The molecule has 0 atom stereocenters. The van der Waals surface area contributed by atoms with Crippen LogP contribution in [0.5, 0.6) is 0 Å². The van der Waals surface area contributed by atoms with Gasteiger partial charge in [0.25, 0.3) is 0 Å². The maximum absolute atomic E-state index is 10.7. The summed E-state index contributed by atoms with van der Waals surface area (Å²) >= 11 is 0. The van der Waals surface area contributed by atoms with Gasteiger partial charge in [-0.1, -0.05) is 18.2 Å². The van der Waals surface area contributed by atoms with Gasteiger partial charge in [0.2, 0.25) is 0 Å². The minimum Gasteiger partial charge on any atom is -0.480 e. The lowest BCUT2D eigenvalue weighted by atomic mass is 10.1. The number of benzene rings is 1. The normalized spacial score (nSPS) is 11.1. The highest BCUT2D eigenvalue weighted by atomic mass is 16.4. The molecule has 0 saturated carbocycles. The fraction of sp³-hybridized carbons (Fsp3) is 0.286. The summed E-state index contributed by atoms with van der Waals surface area (Å²) < 4.78 is 0. The van der Waals surface area contributed by atoms with Crippen LogP contribution in [0.3, 0.4) is 0 Å². The number of hydrogen-bond acceptors (Lipinski definition) is 3. The minimum atomic E-state index is -1.02. The van der Waals surface area contributed by atoms with Crippen molar-refractivity contribution in [3.05, 3.63) is 36.0 Å². The predicted molar refractivity (Wildman–Crippen MR) is 73.7 cm³/mol. The molecule has 3 N–H and O–H groups in total. The van der Waals surface area contributed by atoms with Crippen molar-refractivity contribution in [3.63, 3.8) is 0 Å². The topological polar surface area (TPSA) is 93.6 Å². The van der Waals surface area contributed by atoms with E-state index >= 15 is 0 Å². The molecule has 106 valence electrons. The first-order valence-electron chi connectivity index (χ1n) is 6.27. The predicted octanol–water partition coefficient (Wildman–Crippen LogP) is 1.18. The fourth-order valence-corrected chi connectivity index (χ4v) is 2.21. The Morgan fingerprint density at radius 1 is 1.10 bits per heavy atom. The molecule has 0 saturated heterocycles. The van der Waals surface area contributed by atoms with Gasteiger partial charge in [0.15, 0.2) is 0 Å².